The van der Waals surface area contributed by atoms with Gasteiger partial charge in [0.15, 0.2) is 5.78 Å². The molecule has 0 amide bonds. The third kappa shape index (κ3) is 4.04. The lowest BCUT2D eigenvalue weighted by Crippen LogP contribution is -2.48. The predicted octanol–water partition coefficient (Wildman–Crippen LogP) is 2.52. The number of benzene rings is 1. The zero-order valence-electron chi connectivity index (χ0n) is 16.6. The molecule has 0 aliphatic carbocycles. The number of ketones is 1. The molecule has 2 aromatic rings. The minimum atomic E-state index is -0.461. The largest absolute Gasteiger partial charge is 0.506 e. The summed E-state index contributed by atoms with van der Waals surface area (Å²) in [6, 6.07) is 7.28. The molecular formula is C21H27N3O4. The van der Waals surface area contributed by atoms with Crippen LogP contribution in [0.1, 0.15) is 39.0 Å². The molecule has 1 fully saturated rings. The number of Topliss-reactive ketones (excluding diaryl/α,β-unsaturated/α-hetero) is 1. The summed E-state index contributed by atoms with van der Waals surface area (Å²) in [7, 11) is 0. The van der Waals surface area contributed by atoms with Gasteiger partial charge in [-0.05, 0) is 32.9 Å². The van der Waals surface area contributed by atoms with Crippen LogP contribution in [-0.2, 0) is 4.74 Å². The first-order valence-electron chi connectivity index (χ1n) is 9.57. The number of piperazine rings is 1. The van der Waals surface area contributed by atoms with Crippen LogP contribution in [0.3, 0.4) is 0 Å². The Labute approximate surface area is 164 Å². The molecule has 2 N–H and O–H groups in total. The standard InChI is InChI=1S/C21H27N3O4/c1-4-28-21(27)20-15(3)22-14(2)19(20)18(26)13-23-9-11-24(12-10-23)16-7-5-6-8-17(16)25/h5-8,22,25H,4,9-13H2,1-3H3. The van der Waals surface area contributed by atoms with E-state index in [1.807, 2.05) is 12.1 Å². The van der Waals surface area contributed by atoms with Crippen LogP contribution in [0.25, 0.3) is 0 Å². The lowest BCUT2D eigenvalue weighted by molar-refractivity contribution is 0.0522. The lowest BCUT2D eigenvalue weighted by Gasteiger charge is -2.36. The number of H-pyrrole nitrogens is 1. The summed E-state index contributed by atoms with van der Waals surface area (Å²) >= 11 is 0. The van der Waals surface area contributed by atoms with Gasteiger partial charge < -0.3 is 19.7 Å². The first-order chi connectivity index (χ1) is 13.4. The average molecular weight is 385 g/mol. The molecule has 0 unspecified atom stereocenters. The second-order valence-electron chi connectivity index (χ2n) is 7.02. The van der Waals surface area contributed by atoms with Crippen molar-refractivity contribution in [1.29, 1.82) is 0 Å². The maximum absolute atomic E-state index is 13.0. The number of aryl methyl sites for hydroxylation is 2. The number of nitrogens with zero attached hydrogens (tertiary/aromatic N) is 2. The number of carbonyl (C=O) groups is 2. The number of phenolic OH excluding ortho intramolecular Hbond substituents is 1. The Bertz CT molecular complexity index is 867. The van der Waals surface area contributed by atoms with Crippen LogP contribution in [-0.4, -0.2) is 66.1 Å². The van der Waals surface area contributed by atoms with E-state index in [9.17, 15) is 14.7 Å². The van der Waals surface area contributed by atoms with E-state index >= 15 is 0 Å². The van der Waals surface area contributed by atoms with Crippen molar-refractivity contribution in [2.75, 3.05) is 44.2 Å². The first kappa shape index (κ1) is 19.9. The maximum Gasteiger partial charge on any atom is 0.340 e. The molecular weight excluding hydrogens is 358 g/mol. The third-order valence-electron chi connectivity index (χ3n) is 5.10. The SMILES string of the molecule is CCOC(=O)c1c(C)[nH]c(C)c1C(=O)CN1CCN(c2ccccc2O)CC1. The second kappa shape index (κ2) is 8.48. The van der Waals surface area contributed by atoms with Crippen molar-refractivity contribution in [2.45, 2.75) is 20.8 Å². The zero-order valence-corrected chi connectivity index (χ0v) is 16.6. The van der Waals surface area contributed by atoms with Crippen LogP contribution >= 0.6 is 0 Å². The van der Waals surface area contributed by atoms with Gasteiger partial charge in [0, 0.05) is 37.6 Å². The Balaban J connectivity index is 1.67. The number of esters is 1. The van der Waals surface area contributed by atoms with Crippen LogP contribution < -0.4 is 4.90 Å². The molecule has 1 aliphatic heterocycles. The summed E-state index contributed by atoms with van der Waals surface area (Å²) in [5, 5.41) is 10.0. The lowest BCUT2D eigenvalue weighted by atomic mass is 10.0. The predicted molar refractivity (Wildman–Crippen MR) is 107 cm³/mol. The fourth-order valence-corrected chi connectivity index (χ4v) is 3.75. The quantitative estimate of drug-likeness (QED) is 0.587. The number of anilines is 1. The smallest absolute Gasteiger partial charge is 0.340 e. The van der Waals surface area contributed by atoms with Gasteiger partial charge in [0.2, 0.25) is 0 Å². The highest BCUT2D eigenvalue weighted by molar-refractivity contribution is 6.09. The van der Waals surface area contributed by atoms with Gasteiger partial charge in [0.1, 0.15) is 5.75 Å². The summed E-state index contributed by atoms with van der Waals surface area (Å²) in [5.41, 5.74) is 2.94. The Morgan fingerprint density at radius 1 is 1.07 bits per heavy atom. The number of aromatic hydroxyl groups is 1. The number of nitrogens with one attached hydrogen (secondary N) is 1. The molecule has 3 rings (SSSR count). The summed E-state index contributed by atoms with van der Waals surface area (Å²) < 4.78 is 5.12. The van der Waals surface area contributed by atoms with Gasteiger partial charge in [-0.3, -0.25) is 9.69 Å². The molecule has 2 heterocycles. The van der Waals surface area contributed by atoms with Crippen LogP contribution in [0.4, 0.5) is 5.69 Å². The van der Waals surface area contributed by atoms with Crippen LogP contribution in [0.15, 0.2) is 24.3 Å². The molecule has 1 aromatic carbocycles. The van der Waals surface area contributed by atoms with Crippen LogP contribution in [0.5, 0.6) is 5.75 Å². The first-order valence-corrected chi connectivity index (χ1v) is 9.57. The van der Waals surface area contributed by atoms with Crippen molar-refractivity contribution in [3.63, 3.8) is 0 Å². The van der Waals surface area contributed by atoms with Crippen molar-refractivity contribution in [2.24, 2.45) is 0 Å². The van der Waals surface area contributed by atoms with Gasteiger partial charge in [-0.1, -0.05) is 12.1 Å². The minimum Gasteiger partial charge on any atom is -0.506 e. The molecule has 1 saturated heterocycles. The Morgan fingerprint density at radius 2 is 1.71 bits per heavy atom. The van der Waals surface area contributed by atoms with Gasteiger partial charge in [-0.2, -0.15) is 0 Å². The second-order valence-corrected chi connectivity index (χ2v) is 7.02. The van der Waals surface area contributed by atoms with Crippen molar-refractivity contribution in [3.8, 4) is 5.75 Å². The van der Waals surface area contributed by atoms with E-state index in [2.05, 4.69) is 14.8 Å². The Kier molecular flexibility index (Phi) is 6.04. The molecule has 0 bridgehead atoms. The van der Waals surface area contributed by atoms with Gasteiger partial charge >= 0.3 is 5.97 Å². The van der Waals surface area contributed by atoms with Crippen molar-refractivity contribution in [1.82, 2.24) is 9.88 Å². The number of aromatic nitrogens is 1. The summed E-state index contributed by atoms with van der Waals surface area (Å²) in [6.07, 6.45) is 0. The fraction of sp³-hybridized carbons (Fsp3) is 0.429. The molecule has 150 valence electrons. The van der Waals surface area contributed by atoms with E-state index in [1.165, 1.54) is 0 Å². The van der Waals surface area contributed by atoms with E-state index in [0.717, 1.165) is 18.8 Å². The van der Waals surface area contributed by atoms with Gasteiger partial charge in [-0.25, -0.2) is 4.79 Å². The summed E-state index contributed by atoms with van der Waals surface area (Å²) in [5.74, 6) is -0.275. The number of phenols is 1. The van der Waals surface area contributed by atoms with E-state index in [0.29, 0.717) is 35.6 Å². The molecule has 0 radical (unpaired) electrons. The number of aromatic amines is 1. The summed E-state index contributed by atoms with van der Waals surface area (Å²) in [6.45, 7) is 8.71. The third-order valence-corrected chi connectivity index (χ3v) is 5.10. The molecule has 0 saturated carbocycles. The van der Waals surface area contributed by atoms with E-state index in [-0.39, 0.29) is 24.7 Å². The van der Waals surface area contributed by atoms with Gasteiger partial charge in [0.05, 0.1) is 30.0 Å². The van der Waals surface area contributed by atoms with E-state index in [4.69, 9.17) is 4.74 Å². The normalized spacial score (nSPS) is 14.9. The molecule has 1 aromatic heterocycles. The number of rotatable bonds is 6. The Hall–Kier alpha value is -2.80. The summed E-state index contributed by atoms with van der Waals surface area (Å²) in [4.78, 5) is 32.5. The van der Waals surface area contributed by atoms with Crippen molar-refractivity contribution in [3.05, 3.63) is 46.8 Å². The maximum atomic E-state index is 13.0. The topological polar surface area (TPSA) is 85.9 Å². The van der Waals surface area contributed by atoms with E-state index in [1.54, 1.807) is 32.9 Å². The highest BCUT2D eigenvalue weighted by Gasteiger charge is 2.27. The molecule has 0 spiro atoms. The van der Waals surface area contributed by atoms with Gasteiger partial charge in [-0.15, -0.1) is 0 Å². The highest BCUT2D eigenvalue weighted by atomic mass is 16.5. The minimum absolute atomic E-state index is 0.0825. The van der Waals surface area contributed by atoms with E-state index < -0.39 is 5.97 Å². The van der Waals surface area contributed by atoms with Crippen molar-refractivity contribution >= 4 is 17.4 Å². The van der Waals surface area contributed by atoms with Crippen LogP contribution in [0.2, 0.25) is 0 Å². The molecule has 0 atom stereocenters. The number of carbonyl (C=O) groups excluding carboxylic acids is 2. The molecule has 7 nitrogen and oxygen atoms in total. The Morgan fingerprint density at radius 3 is 2.36 bits per heavy atom. The average Bonchev–Trinajstić information content (AvgIpc) is 2.97. The highest BCUT2D eigenvalue weighted by Crippen LogP contribution is 2.27. The number of hydrogen-bond acceptors (Lipinski definition) is 6. The molecule has 1 aliphatic rings. The number of hydrogen-bond donors (Lipinski definition) is 2. The number of para-hydroxylation sites is 2. The van der Waals surface area contributed by atoms with Crippen LogP contribution in [0, 0.1) is 13.8 Å². The number of ether oxygens (including phenoxy) is 1. The van der Waals surface area contributed by atoms with Gasteiger partial charge in [0.25, 0.3) is 0 Å². The van der Waals surface area contributed by atoms with Crippen molar-refractivity contribution < 1.29 is 19.4 Å². The fourth-order valence-electron chi connectivity index (χ4n) is 3.75. The molecule has 28 heavy (non-hydrogen) atoms. The zero-order chi connectivity index (χ0) is 20.3. The monoisotopic (exact) mass is 385 g/mol. The molecule has 7 heteroatoms.